The van der Waals surface area contributed by atoms with Gasteiger partial charge in [0.1, 0.15) is 5.75 Å². The van der Waals surface area contributed by atoms with Gasteiger partial charge in [-0.25, -0.2) is 8.42 Å². The van der Waals surface area contributed by atoms with Crippen molar-refractivity contribution < 1.29 is 13.2 Å². The zero-order chi connectivity index (χ0) is 16.4. The second-order valence-electron chi connectivity index (χ2n) is 5.89. The summed E-state index contributed by atoms with van der Waals surface area (Å²) in [5.74, 6) is 1.11. The molecule has 1 fully saturated rings. The topological polar surface area (TPSA) is 72.6 Å². The number of benzene rings is 2. The van der Waals surface area contributed by atoms with Gasteiger partial charge in [-0.15, -0.1) is 12.4 Å². The van der Waals surface area contributed by atoms with Crippen molar-refractivity contribution in [3.8, 4) is 5.75 Å². The summed E-state index contributed by atoms with van der Waals surface area (Å²) in [6, 6.07) is 10.8. The van der Waals surface area contributed by atoms with E-state index >= 15 is 0 Å². The zero-order valence-corrected chi connectivity index (χ0v) is 15.3. The molecule has 0 aliphatic carbocycles. The van der Waals surface area contributed by atoms with E-state index in [1.807, 2.05) is 24.3 Å². The lowest BCUT2D eigenvalue weighted by atomic mass is 9.99. The Labute approximate surface area is 149 Å². The number of nitrogens with zero attached hydrogens (tertiary/aromatic N) is 1. The van der Waals surface area contributed by atoms with Crippen LogP contribution in [0.3, 0.4) is 0 Å². The lowest BCUT2D eigenvalue weighted by molar-refractivity contribution is 0.278. The Morgan fingerprint density at radius 3 is 2.33 bits per heavy atom. The van der Waals surface area contributed by atoms with Crippen LogP contribution in [0.4, 0.5) is 0 Å². The van der Waals surface area contributed by atoms with E-state index in [2.05, 4.69) is 0 Å². The first-order valence-electron chi connectivity index (χ1n) is 7.84. The van der Waals surface area contributed by atoms with Crippen LogP contribution in [0.15, 0.2) is 41.3 Å². The quantitative estimate of drug-likeness (QED) is 0.897. The van der Waals surface area contributed by atoms with Crippen LogP contribution in [-0.4, -0.2) is 39.5 Å². The first kappa shape index (κ1) is 19.0. The molecule has 1 aliphatic rings. The summed E-state index contributed by atoms with van der Waals surface area (Å²) in [6.45, 7) is 1.69. The number of hydrogen-bond acceptors (Lipinski definition) is 4. The zero-order valence-electron chi connectivity index (χ0n) is 13.6. The fraction of sp³-hybridized carbons (Fsp3) is 0.412. The van der Waals surface area contributed by atoms with Gasteiger partial charge in [-0.1, -0.05) is 24.3 Å². The van der Waals surface area contributed by atoms with Gasteiger partial charge in [0.2, 0.25) is 10.0 Å². The van der Waals surface area contributed by atoms with Gasteiger partial charge in [0.15, 0.2) is 0 Å². The summed E-state index contributed by atoms with van der Waals surface area (Å²) < 4.78 is 33.0. The van der Waals surface area contributed by atoms with Crippen molar-refractivity contribution in [3.05, 3.63) is 36.4 Å². The van der Waals surface area contributed by atoms with Crippen LogP contribution in [-0.2, 0) is 10.0 Å². The van der Waals surface area contributed by atoms with Gasteiger partial charge in [-0.3, -0.25) is 0 Å². The fourth-order valence-corrected chi connectivity index (χ4v) is 4.84. The van der Waals surface area contributed by atoms with Crippen molar-refractivity contribution in [2.45, 2.75) is 17.7 Å². The molecule has 0 spiro atoms. The van der Waals surface area contributed by atoms with Crippen molar-refractivity contribution in [1.29, 1.82) is 0 Å². The molecule has 0 amide bonds. The van der Waals surface area contributed by atoms with Crippen molar-refractivity contribution >= 4 is 33.2 Å². The third-order valence-electron chi connectivity index (χ3n) is 4.59. The van der Waals surface area contributed by atoms with Crippen molar-refractivity contribution in [2.24, 2.45) is 11.7 Å². The third kappa shape index (κ3) is 3.37. The molecule has 0 atom stereocenters. The lowest BCUT2D eigenvalue weighted by Crippen LogP contribution is -2.40. The van der Waals surface area contributed by atoms with Gasteiger partial charge in [0.05, 0.1) is 12.0 Å². The van der Waals surface area contributed by atoms with Gasteiger partial charge < -0.3 is 10.5 Å². The number of fused-ring (bicyclic) bond motifs is 1. The molecule has 0 radical (unpaired) electrons. The summed E-state index contributed by atoms with van der Waals surface area (Å²) in [4.78, 5) is 0.347. The van der Waals surface area contributed by atoms with Crippen molar-refractivity contribution in [2.75, 3.05) is 26.7 Å². The number of sulfonamides is 1. The maximum absolute atomic E-state index is 13.0. The Balaban J connectivity index is 0.00000208. The van der Waals surface area contributed by atoms with E-state index in [9.17, 15) is 8.42 Å². The van der Waals surface area contributed by atoms with E-state index in [0.717, 1.165) is 18.2 Å². The van der Waals surface area contributed by atoms with Gasteiger partial charge in [0, 0.05) is 23.9 Å². The maximum Gasteiger partial charge on any atom is 0.243 e. The number of hydrogen-bond donors (Lipinski definition) is 1. The molecule has 0 unspecified atom stereocenters. The molecule has 3 rings (SSSR count). The molecular weight excluding hydrogens is 348 g/mol. The van der Waals surface area contributed by atoms with Crippen LogP contribution in [0.1, 0.15) is 12.8 Å². The molecule has 0 saturated carbocycles. The highest BCUT2D eigenvalue weighted by atomic mass is 35.5. The summed E-state index contributed by atoms with van der Waals surface area (Å²) in [7, 11) is -1.92. The van der Waals surface area contributed by atoms with Crippen LogP contribution in [0.2, 0.25) is 0 Å². The Bertz CT molecular complexity index is 803. The third-order valence-corrected chi connectivity index (χ3v) is 6.55. The summed E-state index contributed by atoms with van der Waals surface area (Å²) >= 11 is 0. The average molecular weight is 371 g/mol. The Hall–Kier alpha value is -1.34. The van der Waals surface area contributed by atoms with Gasteiger partial charge in [-0.2, -0.15) is 4.31 Å². The molecule has 0 aromatic heterocycles. The standard InChI is InChI=1S/C17H22N2O3S.ClH/c1-22-16-6-7-17(15-5-3-2-4-14(15)16)23(20,21)19-10-8-13(12-18)9-11-19;/h2-7,13H,8-12,18H2,1H3;1H. The molecule has 132 valence electrons. The molecule has 1 aliphatic heterocycles. The average Bonchev–Trinajstić information content (AvgIpc) is 2.60. The highest BCUT2D eigenvalue weighted by Crippen LogP contribution is 2.33. The van der Waals surface area contributed by atoms with Gasteiger partial charge in [0.25, 0.3) is 0 Å². The number of nitrogens with two attached hydrogens (primary N) is 1. The summed E-state index contributed by atoms with van der Waals surface area (Å²) in [5, 5.41) is 1.51. The second kappa shape index (κ2) is 7.70. The monoisotopic (exact) mass is 370 g/mol. The predicted molar refractivity (Wildman–Crippen MR) is 98.3 cm³/mol. The molecule has 5 nitrogen and oxygen atoms in total. The van der Waals surface area contributed by atoms with Crippen molar-refractivity contribution in [3.63, 3.8) is 0 Å². The van der Waals surface area contributed by atoms with E-state index in [1.54, 1.807) is 23.5 Å². The Morgan fingerprint density at radius 1 is 1.12 bits per heavy atom. The molecule has 2 aromatic carbocycles. The van der Waals surface area contributed by atoms with Crippen LogP contribution in [0.5, 0.6) is 5.75 Å². The van der Waals surface area contributed by atoms with E-state index in [1.165, 1.54) is 0 Å². The minimum absolute atomic E-state index is 0. The predicted octanol–water partition coefficient (Wildman–Crippen LogP) is 2.63. The molecule has 1 saturated heterocycles. The van der Waals surface area contributed by atoms with Crippen LogP contribution < -0.4 is 10.5 Å². The molecule has 2 N–H and O–H groups in total. The molecular formula is C17H23ClN2O3S. The lowest BCUT2D eigenvalue weighted by Gasteiger charge is -2.30. The summed E-state index contributed by atoms with van der Waals surface area (Å²) in [6.07, 6.45) is 1.65. The van der Waals surface area contributed by atoms with Crippen molar-refractivity contribution in [1.82, 2.24) is 4.31 Å². The number of methoxy groups -OCH3 is 1. The Kier molecular flexibility index (Phi) is 6.09. The second-order valence-corrected chi connectivity index (χ2v) is 7.80. The van der Waals surface area contributed by atoms with Gasteiger partial charge in [-0.05, 0) is 37.4 Å². The minimum atomic E-state index is -3.51. The number of halogens is 1. The smallest absolute Gasteiger partial charge is 0.243 e. The van der Waals surface area contributed by atoms with Crippen LogP contribution in [0.25, 0.3) is 10.8 Å². The Morgan fingerprint density at radius 2 is 1.75 bits per heavy atom. The molecule has 1 heterocycles. The number of ether oxygens (including phenoxy) is 1. The minimum Gasteiger partial charge on any atom is -0.496 e. The van der Waals surface area contributed by atoms with Crippen LogP contribution >= 0.6 is 12.4 Å². The SMILES string of the molecule is COc1ccc(S(=O)(=O)N2CCC(CN)CC2)c2ccccc12.Cl. The molecule has 2 aromatic rings. The first-order valence-corrected chi connectivity index (χ1v) is 9.28. The molecule has 7 heteroatoms. The highest BCUT2D eigenvalue weighted by molar-refractivity contribution is 7.89. The number of rotatable bonds is 4. The van der Waals surface area contributed by atoms with E-state index in [4.69, 9.17) is 10.5 Å². The molecule has 0 bridgehead atoms. The highest BCUT2D eigenvalue weighted by Gasteiger charge is 2.30. The number of piperidine rings is 1. The van der Waals surface area contributed by atoms with Crippen LogP contribution in [0, 0.1) is 5.92 Å². The van der Waals surface area contributed by atoms with E-state index in [0.29, 0.717) is 41.6 Å². The summed E-state index contributed by atoms with van der Waals surface area (Å²) in [5.41, 5.74) is 5.69. The largest absolute Gasteiger partial charge is 0.496 e. The first-order chi connectivity index (χ1) is 11.1. The normalized spacial score (nSPS) is 16.8. The fourth-order valence-electron chi connectivity index (χ4n) is 3.17. The molecule has 24 heavy (non-hydrogen) atoms. The van der Waals surface area contributed by atoms with Gasteiger partial charge >= 0.3 is 0 Å². The maximum atomic E-state index is 13.0. The van der Waals surface area contributed by atoms with E-state index < -0.39 is 10.0 Å². The van der Waals surface area contributed by atoms with E-state index in [-0.39, 0.29) is 12.4 Å².